The number of rotatable bonds is 1. The molecule has 1 fully saturated rings. The average Bonchev–Trinajstić information content (AvgIpc) is 2.18. The lowest BCUT2D eigenvalue weighted by Gasteiger charge is -2.16. The van der Waals surface area contributed by atoms with E-state index in [1.54, 1.807) is 0 Å². The van der Waals surface area contributed by atoms with Crippen molar-refractivity contribution in [1.29, 1.82) is 0 Å². The number of carbonyl (C=O) groups excluding carboxylic acids is 1. The van der Waals surface area contributed by atoms with Crippen molar-refractivity contribution in [3.05, 3.63) is 0 Å². The van der Waals surface area contributed by atoms with Crippen molar-refractivity contribution < 1.29 is 15.0 Å². The van der Waals surface area contributed by atoms with Gasteiger partial charge in [0.2, 0.25) is 5.91 Å². The molecule has 1 aliphatic rings. The first kappa shape index (κ1) is 8.49. The number of hydrogen-bond acceptors (Lipinski definition) is 3. The molecule has 1 saturated carbocycles. The lowest BCUT2D eigenvalue weighted by Crippen LogP contribution is -2.41. The molecule has 0 spiro atoms. The van der Waals surface area contributed by atoms with E-state index in [1.807, 2.05) is 0 Å². The first-order chi connectivity index (χ1) is 5.11. The van der Waals surface area contributed by atoms with Crippen molar-refractivity contribution in [3.8, 4) is 0 Å². The molecule has 0 radical (unpaired) electrons. The Morgan fingerprint density at radius 1 is 1.45 bits per heavy atom. The Morgan fingerprint density at radius 3 is 2.45 bits per heavy atom. The summed E-state index contributed by atoms with van der Waals surface area (Å²) in [7, 11) is 0. The molecule has 4 nitrogen and oxygen atoms in total. The maximum absolute atomic E-state index is 10.5. The Bertz CT molecular complexity index is 160. The molecule has 0 unspecified atom stereocenters. The highest BCUT2D eigenvalue weighted by Crippen LogP contribution is 2.19. The van der Waals surface area contributed by atoms with E-state index in [9.17, 15) is 9.90 Å². The van der Waals surface area contributed by atoms with Gasteiger partial charge in [-0.2, -0.15) is 0 Å². The third-order valence-corrected chi connectivity index (χ3v) is 1.97. The second-order valence-electron chi connectivity index (χ2n) is 2.94. The molecule has 0 aromatic rings. The quantitative estimate of drug-likeness (QED) is 0.460. The van der Waals surface area contributed by atoms with Crippen LogP contribution in [0.3, 0.4) is 0 Å². The summed E-state index contributed by atoms with van der Waals surface area (Å²) in [6.45, 7) is 1.40. The summed E-state index contributed by atoms with van der Waals surface area (Å²) in [5, 5.41) is 20.9. The molecule has 0 aromatic heterocycles. The zero-order chi connectivity index (χ0) is 8.43. The maximum Gasteiger partial charge on any atom is 0.217 e. The van der Waals surface area contributed by atoms with Crippen LogP contribution in [0.2, 0.25) is 0 Å². The smallest absolute Gasteiger partial charge is 0.217 e. The first-order valence-corrected chi connectivity index (χ1v) is 3.74. The molecule has 0 aliphatic heterocycles. The molecule has 0 bridgehead atoms. The zero-order valence-electron chi connectivity index (χ0n) is 6.45. The molecule has 0 saturated heterocycles. The van der Waals surface area contributed by atoms with Gasteiger partial charge in [0.15, 0.2) is 0 Å². The van der Waals surface area contributed by atoms with Crippen molar-refractivity contribution in [2.75, 3.05) is 0 Å². The highest BCUT2D eigenvalue weighted by molar-refractivity contribution is 5.73. The fourth-order valence-corrected chi connectivity index (χ4v) is 1.38. The largest absolute Gasteiger partial charge is 0.390 e. The summed E-state index contributed by atoms with van der Waals surface area (Å²) in [5.41, 5.74) is 0. The van der Waals surface area contributed by atoms with E-state index in [4.69, 9.17) is 5.11 Å². The third-order valence-electron chi connectivity index (χ3n) is 1.97. The van der Waals surface area contributed by atoms with Gasteiger partial charge >= 0.3 is 0 Å². The Balaban J connectivity index is 2.42. The lowest BCUT2D eigenvalue weighted by atomic mass is 10.2. The number of nitrogens with one attached hydrogen (secondary N) is 1. The minimum atomic E-state index is -0.793. The normalized spacial score (nSPS) is 37.2. The van der Waals surface area contributed by atoms with Gasteiger partial charge in [-0.05, 0) is 12.8 Å². The number of hydrogen-bond donors (Lipinski definition) is 3. The fraction of sp³-hybridized carbons (Fsp3) is 0.857. The molecule has 11 heavy (non-hydrogen) atoms. The topological polar surface area (TPSA) is 69.6 Å². The minimum Gasteiger partial charge on any atom is -0.390 e. The van der Waals surface area contributed by atoms with Gasteiger partial charge in [0, 0.05) is 6.92 Å². The fourth-order valence-electron chi connectivity index (χ4n) is 1.38. The summed E-state index contributed by atoms with van der Waals surface area (Å²) >= 11 is 0. The predicted octanol–water partition coefficient (Wildman–Crippen LogP) is -0.993. The first-order valence-electron chi connectivity index (χ1n) is 3.74. The van der Waals surface area contributed by atoms with E-state index in [0.29, 0.717) is 12.8 Å². The second-order valence-corrected chi connectivity index (χ2v) is 2.94. The predicted molar refractivity (Wildman–Crippen MR) is 38.9 cm³/mol. The van der Waals surface area contributed by atoms with Crippen LogP contribution in [0, 0.1) is 0 Å². The van der Waals surface area contributed by atoms with Gasteiger partial charge in [0.25, 0.3) is 0 Å². The van der Waals surface area contributed by atoms with Crippen molar-refractivity contribution in [2.45, 2.75) is 38.0 Å². The van der Waals surface area contributed by atoms with Crippen LogP contribution < -0.4 is 5.32 Å². The molecule has 64 valence electrons. The molecular weight excluding hydrogens is 146 g/mol. The minimum absolute atomic E-state index is 0.164. The molecule has 3 atom stereocenters. The van der Waals surface area contributed by atoms with Gasteiger partial charge in [-0.25, -0.2) is 0 Å². The van der Waals surface area contributed by atoms with Gasteiger partial charge < -0.3 is 15.5 Å². The van der Waals surface area contributed by atoms with Crippen molar-refractivity contribution in [3.63, 3.8) is 0 Å². The number of amides is 1. The SMILES string of the molecule is CC(=O)N[C@H]1CC[C@@H](O)[C@H]1O. The van der Waals surface area contributed by atoms with Crippen LogP contribution in [-0.2, 0) is 4.79 Å². The van der Waals surface area contributed by atoms with E-state index in [2.05, 4.69) is 5.32 Å². The highest BCUT2D eigenvalue weighted by Gasteiger charge is 2.33. The second kappa shape index (κ2) is 3.19. The van der Waals surface area contributed by atoms with Crippen LogP contribution in [0.1, 0.15) is 19.8 Å². The van der Waals surface area contributed by atoms with Crippen LogP contribution in [0.4, 0.5) is 0 Å². The van der Waals surface area contributed by atoms with Gasteiger partial charge in [-0.1, -0.05) is 0 Å². The molecule has 0 aromatic carbocycles. The average molecular weight is 159 g/mol. The van der Waals surface area contributed by atoms with Crippen molar-refractivity contribution in [1.82, 2.24) is 5.32 Å². The monoisotopic (exact) mass is 159 g/mol. The lowest BCUT2D eigenvalue weighted by molar-refractivity contribution is -0.120. The van der Waals surface area contributed by atoms with Crippen LogP contribution >= 0.6 is 0 Å². The summed E-state index contributed by atoms with van der Waals surface area (Å²) < 4.78 is 0. The van der Waals surface area contributed by atoms with Gasteiger partial charge in [-0.3, -0.25) is 4.79 Å². The third kappa shape index (κ3) is 1.91. The summed E-state index contributed by atoms with van der Waals surface area (Å²) in [4.78, 5) is 10.5. The van der Waals surface area contributed by atoms with Gasteiger partial charge in [-0.15, -0.1) is 0 Å². The van der Waals surface area contributed by atoms with Crippen LogP contribution in [0.5, 0.6) is 0 Å². The number of aliphatic hydroxyl groups excluding tert-OH is 2. The Kier molecular flexibility index (Phi) is 2.46. The van der Waals surface area contributed by atoms with E-state index < -0.39 is 12.2 Å². The maximum atomic E-state index is 10.5. The van der Waals surface area contributed by atoms with Crippen LogP contribution in [0.15, 0.2) is 0 Å². The highest BCUT2D eigenvalue weighted by atomic mass is 16.3. The molecule has 1 aliphatic carbocycles. The molecule has 3 N–H and O–H groups in total. The van der Waals surface area contributed by atoms with E-state index in [1.165, 1.54) is 6.92 Å². The summed E-state index contributed by atoms with van der Waals surface area (Å²) in [6, 6.07) is -0.262. The standard InChI is InChI=1S/C7H13NO3/c1-4(9)8-5-2-3-6(10)7(5)11/h5-7,10-11H,2-3H2,1H3,(H,8,9)/t5-,6+,7-/m0/s1. The van der Waals surface area contributed by atoms with Crippen LogP contribution in [-0.4, -0.2) is 34.4 Å². The summed E-state index contributed by atoms with van der Waals surface area (Å²) in [6.07, 6.45) is -0.251. The zero-order valence-corrected chi connectivity index (χ0v) is 6.45. The molecular formula is C7H13NO3. The number of aliphatic hydroxyl groups is 2. The Labute approximate surface area is 65.2 Å². The summed E-state index contributed by atoms with van der Waals surface area (Å²) in [5.74, 6) is -0.164. The molecule has 1 rings (SSSR count). The Morgan fingerprint density at radius 2 is 2.09 bits per heavy atom. The van der Waals surface area contributed by atoms with Gasteiger partial charge in [0.05, 0.1) is 18.2 Å². The van der Waals surface area contributed by atoms with E-state index >= 15 is 0 Å². The van der Waals surface area contributed by atoms with Gasteiger partial charge in [0.1, 0.15) is 0 Å². The van der Waals surface area contributed by atoms with E-state index in [0.717, 1.165) is 0 Å². The van der Waals surface area contributed by atoms with Crippen LogP contribution in [0.25, 0.3) is 0 Å². The number of carbonyl (C=O) groups is 1. The molecule has 0 heterocycles. The van der Waals surface area contributed by atoms with Crippen molar-refractivity contribution in [2.24, 2.45) is 0 Å². The Hall–Kier alpha value is -0.610. The van der Waals surface area contributed by atoms with E-state index in [-0.39, 0.29) is 11.9 Å². The van der Waals surface area contributed by atoms with Crippen molar-refractivity contribution >= 4 is 5.91 Å². The molecule has 4 heteroatoms. The molecule has 1 amide bonds.